The zero-order valence-corrected chi connectivity index (χ0v) is 22.3. The van der Waals surface area contributed by atoms with E-state index < -0.39 is 57.4 Å². The van der Waals surface area contributed by atoms with Gasteiger partial charge in [-0.2, -0.15) is 0 Å². The van der Waals surface area contributed by atoms with E-state index >= 15 is 0 Å². The number of hydrogen-bond donors (Lipinski definition) is 5. The van der Waals surface area contributed by atoms with Crippen LogP contribution < -0.4 is 0 Å². The molecule has 0 saturated carbocycles. The minimum Gasteiger partial charge on any atom is -0.462 e. The first-order valence-electron chi connectivity index (χ1n) is 12.2. The summed E-state index contributed by atoms with van der Waals surface area (Å²) in [6, 6.07) is 0. The van der Waals surface area contributed by atoms with Crippen LogP contribution in [-0.4, -0.2) is 74.7 Å². The molecule has 0 saturated heterocycles. The van der Waals surface area contributed by atoms with E-state index in [9.17, 15) is 29.5 Å². The molecule has 0 radical (unpaired) electrons. The highest BCUT2D eigenvalue weighted by Gasteiger charge is 2.22. The summed E-state index contributed by atoms with van der Waals surface area (Å²) in [7, 11) is -4.80. The van der Waals surface area contributed by atoms with Gasteiger partial charge in [0.05, 0.1) is 24.9 Å². The maximum Gasteiger partial charge on any atom is 0.469 e. The van der Waals surface area contributed by atoms with E-state index in [-0.39, 0.29) is 19.3 Å². The van der Waals surface area contributed by atoms with Crippen LogP contribution in [-0.2, 0) is 28.2 Å². The number of ether oxygens (including phenoxy) is 2. The Bertz CT molecular complexity index is 800. The molecule has 11 nitrogen and oxygen atoms in total. The lowest BCUT2D eigenvalue weighted by Crippen LogP contribution is -2.29. The van der Waals surface area contributed by atoms with Crippen molar-refractivity contribution < 1.29 is 53.3 Å². The Morgan fingerprint density at radius 1 is 0.865 bits per heavy atom. The number of hydrogen-bond acceptors (Lipinski definition) is 9. The van der Waals surface area contributed by atoms with Crippen molar-refractivity contribution in [1.82, 2.24) is 0 Å². The Hall–Kier alpha value is -2.11. The zero-order valence-electron chi connectivity index (χ0n) is 21.4. The molecule has 0 aliphatic heterocycles. The van der Waals surface area contributed by atoms with E-state index in [4.69, 9.17) is 19.3 Å². The second-order valence-corrected chi connectivity index (χ2v) is 9.49. The molecule has 0 aromatic carbocycles. The van der Waals surface area contributed by atoms with Crippen LogP contribution in [0.1, 0.15) is 58.8 Å². The average molecular weight is 549 g/mol. The first-order valence-corrected chi connectivity index (χ1v) is 13.7. The number of esters is 2. The summed E-state index contributed by atoms with van der Waals surface area (Å²) in [5.41, 5.74) is 0. The molecule has 0 aromatic heterocycles. The number of allylic oxidation sites excluding steroid dienone is 6. The van der Waals surface area contributed by atoms with E-state index in [0.717, 1.165) is 32.6 Å². The molecule has 0 spiro atoms. The van der Waals surface area contributed by atoms with Gasteiger partial charge >= 0.3 is 19.8 Å². The van der Waals surface area contributed by atoms with Gasteiger partial charge < -0.3 is 34.6 Å². The summed E-state index contributed by atoms with van der Waals surface area (Å²) >= 11 is 0. The summed E-state index contributed by atoms with van der Waals surface area (Å²) in [6.45, 7) is 2.12. The van der Waals surface area contributed by atoms with E-state index in [1.807, 2.05) is 0 Å². The number of aliphatic hydroxyl groups excluding tert-OH is 3. The molecule has 0 rings (SSSR count). The van der Waals surface area contributed by atoms with Crippen molar-refractivity contribution in [2.75, 3.05) is 13.2 Å². The van der Waals surface area contributed by atoms with Crippen LogP contribution in [0.3, 0.4) is 0 Å². The molecule has 37 heavy (non-hydrogen) atoms. The van der Waals surface area contributed by atoms with Gasteiger partial charge in [-0.3, -0.25) is 14.1 Å². The second-order valence-electron chi connectivity index (χ2n) is 8.25. The van der Waals surface area contributed by atoms with Gasteiger partial charge in [-0.15, -0.1) is 0 Å². The average Bonchev–Trinajstić information content (AvgIpc) is 2.81. The minimum atomic E-state index is -4.80. The third-order valence-electron chi connectivity index (χ3n) is 4.77. The lowest BCUT2D eigenvalue weighted by Gasteiger charge is -2.18. The summed E-state index contributed by atoms with van der Waals surface area (Å²) in [5.74, 6) is -1.42. The molecular formula is C25H41O11P. The molecule has 4 atom stereocenters. The zero-order chi connectivity index (χ0) is 28.1. The topological polar surface area (TPSA) is 180 Å². The van der Waals surface area contributed by atoms with Gasteiger partial charge in [0.1, 0.15) is 6.61 Å². The van der Waals surface area contributed by atoms with Gasteiger partial charge in [0.2, 0.25) is 0 Å². The fraction of sp³-hybridized carbons (Fsp3) is 0.600. The van der Waals surface area contributed by atoms with Crippen LogP contribution >= 0.6 is 7.82 Å². The molecule has 0 unspecified atom stereocenters. The van der Waals surface area contributed by atoms with Crippen LogP contribution in [0.2, 0.25) is 0 Å². The summed E-state index contributed by atoms with van der Waals surface area (Å²) in [4.78, 5) is 40.5. The molecular weight excluding hydrogens is 507 g/mol. The Balaban J connectivity index is 4.34. The van der Waals surface area contributed by atoms with Crippen molar-refractivity contribution >= 4 is 19.8 Å². The molecule has 0 aliphatic carbocycles. The smallest absolute Gasteiger partial charge is 0.462 e. The SMILES string of the molecule is CCCCC[C@H](O)/C=C/C=C\C=C\C=C\[C@H](O)[C@@H](O)CCCC(=O)O[C@H](COC(C)=O)COP(=O)(O)O. The summed E-state index contributed by atoms with van der Waals surface area (Å²) in [6.07, 6.45) is 13.5. The Kier molecular flexibility index (Phi) is 19.7. The minimum absolute atomic E-state index is 0.0865. The molecule has 0 fully saturated rings. The van der Waals surface area contributed by atoms with Crippen LogP contribution in [0, 0.1) is 0 Å². The van der Waals surface area contributed by atoms with Crippen LogP contribution in [0.25, 0.3) is 0 Å². The van der Waals surface area contributed by atoms with E-state index in [0.29, 0.717) is 0 Å². The highest BCUT2D eigenvalue weighted by atomic mass is 31.2. The second kappa shape index (κ2) is 20.9. The van der Waals surface area contributed by atoms with Crippen molar-refractivity contribution in [3.05, 3.63) is 48.6 Å². The number of rotatable bonds is 20. The number of carbonyl (C=O) groups is 2. The third kappa shape index (κ3) is 22.8. The fourth-order valence-electron chi connectivity index (χ4n) is 2.83. The Labute approximate surface area is 218 Å². The van der Waals surface area contributed by atoms with Crippen LogP contribution in [0.4, 0.5) is 0 Å². The first kappa shape index (κ1) is 34.9. The molecule has 0 aromatic rings. The maximum atomic E-state index is 12.0. The van der Waals surface area contributed by atoms with Crippen LogP contribution in [0.5, 0.6) is 0 Å². The standard InChI is InChI=1S/C25H41O11P/c1-3-4-9-13-21(27)14-10-7-5-6-8-11-15-23(28)24(29)16-12-17-25(30)36-22(18-34-20(2)26)19-35-37(31,32)33/h5-8,10-11,14-15,21-24,27-29H,3-4,9,12-13,16-19H2,1-2H3,(H2,31,32,33)/b7-5-,8-6+,14-10+,15-11+/t21-,22+,23-,24-/m0/s1. The number of phosphoric acid groups is 1. The van der Waals surface area contributed by atoms with Crippen molar-refractivity contribution in [3.63, 3.8) is 0 Å². The van der Waals surface area contributed by atoms with Gasteiger partial charge in [0, 0.05) is 13.3 Å². The van der Waals surface area contributed by atoms with Gasteiger partial charge in [-0.1, -0.05) is 74.8 Å². The largest absolute Gasteiger partial charge is 0.469 e. The normalized spacial score (nSPS) is 16.0. The van der Waals surface area contributed by atoms with Gasteiger partial charge in [-0.25, -0.2) is 4.57 Å². The number of aliphatic hydroxyl groups is 3. The number of carbonyl (C=O) groups excluding carboxylic acids is 2. The van der Waals surface area contributed by atoms with Gasteiger partial charge in [0.15, 0.2) is 6.10 Å². The van der Waals surface area contributed by atoms with Crippen molar-refractivity contribution in [1.29, 1.82) is 0 Å². The number of phosphoric ester groups is 1. The van der Waals surface area contributed by atoms with E-state index in [1.165, 1.54) is 6.08 Å². The van der Waals surface area contributed by atoms with Crippen molar-refractivity contribution in [2.24, 2.45) is 0 Å². The molecule has 0 heterocycles. The molecule has 12 heteroatoms. The predicted molar refractivity (Wildman–Crippen MR) is 137 cm³/mol. The molecule has 0 bridgehead atoms. The molecule has 212 valence electrons. The van der Waals surface area contributed by atoms with Gasteiger partial charge in [0.25, 0.3) is 0 Å². The monoisotopic (exact) mass is 548 g/mol. The summed E-state index contributed by atoms with van der Waals surface area (Å²) < 4.78 is 24.8. The highest BCUT2D eigenvalue weighted by Crippen LogP contribution is 2.35. The highest BCUT2D eigenvalue weighted by molar-refractivity contribution is 7.46. The van der Waals surface area contributed by atoms with Crippen molar-refractivity contribution in [3.8, 4) is 0 Å². The first-order chi connectivity index (χ1) is 17.4. The predicted octanol–water partition coefficient (Wildman–Crippen LogP) is 2.63. The molecule has 0 amide bonds. The maximum absolute atomic E-state index is 12.0. The van der Waals surface area contributed by atoms with E-state index in [1.54, 1.807) is 42.5 Å². The lowest BCUT2D eigenvalue weighted by atomic mass is 10.1. The quantitative estimate of drug-likeness (QED) is 0.0653. The van der Waals surface area contributed by atoms with Crippen molar-refractivity contribution in [2.45, 2.75) is 83.2 Å². The molecule has 0 aliphatic rings. The molecule has 5 N–H and O–H groups in total. The summed E-state index contributed by atoms with van der Waals surface area (Å²) in [5, 5.41) is 29.8. The lowest BCUT2D eigenvalue weighted by molar-refractivity contribution is -0.160. The van der Waals surface area contributed by atoms with Gasteiger partial charge in [-0.05, 0) is 19.3 Å². The van der Waals surface area contributed by atoms with E-state index in [2.05, 4.69) is 11.4 Å². The number of unbranched alkanes of at least 4 members (excludes halogenated alkanes) is 2. The van der Waals surface area contributed by atoms with Crippen LogP contribution in [0.15, 0.2) is 48.6 Å². The third-order valence-corrected chi connectivity index (χ3v) is 5.26. The Morgan fingerprint density at radius 3 is 2.08 bits per heavy atom. The fourth-order valence-corrected chi connectivity index (χ4v) is 3.19. The Morgan fingerprint density at radius 2 is 1.49 bits per heavy atom.